The van der Waals surface area contributed by atoms with Gasteiger partial charge in [-0.3, -0.25) is 40.9 Å². The summed E-state index contributed by atoms with van der Waals surface area (Å²) in [6.07, 6.45) is 9.72. The van der Waals surface area contributed by atoms with E-state index < -0.39 is 29.6 Å². The van der Waals surface area contributed by atoms with Crippen LogP contribution in [-0.2, 0) is 22.4 Å². The molecule has 0 spiro atoms. The Morgan fingerprint density at radius 1 is 0.614 bits per heavy atom. The Hall–Kier alpha value is -4.08. The lowest BCUT2D eigenvalue weighted by atomic mass is 9.91. The van der Waals surface area contributed by atoms with Crippen molar-refractivity contribution in [3.8, 4) is 11.5 Å². The number of aryl methyl sites for hydroxylation is 2. The van der Waals surface area contributed by atoms with E-state index in [4.69, 9.17) is 0 Å². The van der Waals surface area contributed by atoms with Gasteiger partial charge in [-0.2, -0.15) is 0 Å². The predicted molar refractivity (Wildman–Crippen MR) is 171 cm³/mol. The van der Waals surface area contributed by atoms with Gasteiger partial charge in [0.2, 0.25) is 11.8 Å². The van der Waals surface area contributed by atoms with Gasteiger partial charge < -0.3 is 10.2 Å². The van der Waals surface area contributed by atoms with Crippen molar-refractivity contribution in [1.82, 2.24) is 21.7 Å². The van der Waals surface area contributed by atoms with Gasteiger partial charge in [0.25, 0.3) is 11.8 Å². The molecule has 0 saturated heterocycles. The summed E-state index contributed by atoms with van der Waals surface area (Å²) in [6, 6.07) is 9.79. The number of phenols is 2. The van der Waals surface area contributed by atoms with E-state index in [1.165, 1.54) is 6.07 Å². The van der Waals surface area contributed by atoms with Crippen LogP contribution in [-0.4, -0.2) is 33.8 Å². The molecule has 10 heteroatoms. The second kappa shape index (κ2) is 19.2. The van der Waals surface area contributed by atoms with Crippen LogP contribution in [0.1, 0.15) is 124 Å². The van der Waals surface area contributed by atoms with E-state index in [0.717, 1.165) is 68.9 Å². The van der Waals surface area contributed by atoms with Gasteiger partial charge in [0.15, 0.2) is 0 Å². The zero-order valence-electron chi connectivity index (χ0n) is 26.6. The average Bonchev–Trinajstić information content (AvgIpc) is 3.01. The highest BCUT2D eigenvalue weighted by Gasteiger charge is 2.23. The highest BCUT2D eigenvalue weighted by atomic mass is 16.3. The highest BCUT2D eigenvalue weighted by Crippen LogP contribution is 2.22. The Morgan fingerprint density at radius 3 is 1.55 bits per heavy atom. The van der Waals surface area contributed by atoms with Gasteiger partial charge in [-0.05, 0) is 80.3 Å². The zero-order valence-corrected chi connectivity index (χ0v) is 26.6. The zero-order chi connectivity index (χ0) is 32.5. The van der Waals surface area contributed by atoms with Crippen molar-refractivity contribution < 1.29 is 29.4 Å². The Labute approximate surface area is 261 Å². The standard InChI is InChI=1S/C34H50N4O6/c1-5-8-11-14-26(32(42)36-38-34(44)28-20-17-25(13-10-7-3)22-30(28)40)18-15-23(4)31(41)35-37-33(43)27-19-16-24(12-9-6-2)21-29(27)39/h16-17,19-23,26,39-40H,5-15,18H2,1-4H3,(H,35,41)(H,36,42)(H,37,43)(H,38,44). The lowest BCUT2D eigenvalue weighted by Crippen LogP contribution is -2.45. The average molecular weight is 611 g/mol. The molecule has 0 heterocycles. The molecule has 0 aliphatic carbocycles. The fraction of sp³-hybridized carbons (Fsp3) is 0.529. The van der Waals surface area contributed by atoms with Gasteiger partial charge in [0.05, 0.1) is 11.1 Å². The molecule has 2 unspecified atom stereocenters. The molecule has 2 aromatic rings. The van der Waals surface area contributed by atoms with Crippen LogP contribution in [0, 0.1) is 11.8 Å². The number of rotatable bonds is 17. The Bertz CT molecular complexity index is 1250. The van der Waals surface area contributed by atoms with Crippen LogP contribution >= 0.6 is 0 Å². The van der Waals surface area contributed by atoms with Crippen LogP contribution in [0.2, 0.25) is 0 Å². The Kier molecular flexibility index (Phi) is 15.8. The topological polar surface area (TPSA) is 157 Å². The molecular weight excluding hydrogens is 560 g/mol. The minimum Gasteiger partial charge on any atom is -0.507 e. The molecule has 0 aliphatic heterocycles. The summed E-state index contributed by atoms with van der Waals surface area (Å²) < 4.78 is 0. The lowest BCUT2D eigenvalue weighted by molar-refractivity contribution is -0.128. The number of amides is 4. The first-order valence-corrected chi connectivity index (χ1v) is 15.9. The second-order valence-corrected chi connectivity index (χ2v) is 11.5. The van der Waals surface area contributed by atoms with Crippen molar-refractivity contribution in [3.05, 3.63) is 58.7 Å². The third-order valence-electron chi connectivity index (χ3n) is 7.77. The number of phenolic OH excluding ortho intramolecular Hbond substituents is 2. The van der Waals surface area contributed by atoms with Crippen molar-refractivity contribution in [3.63, 3.8) is 0 Å². The van der Waals surface area contributed by atoms with Gasteiger partial charge >= 0.3 is 0 Å². The summed E-state index contributed by atoms with van der Waals surface area (Å²) in [5.74, 6) is -3.28. The van der Waals surface area contributed by atoms with Crippen LogP contribution < -0.4 is 21.7 Å². The number of hydrazine groups is 2. The molecule has 0 radical (unpaired) electrons. The summed E-state index contributed by atoms with van der Waals surface area (Å²) >= 11 is 0. The number of benzene rings is 2. The van der Waals surface area contributed by atoms with Crippen LogP contribution in [0.4, 0.5) is 0 Å². The van der Waals surface area contributed by atoms with Crippen LogP contribution in [0.5, 0.6) is 11.5 Å². The molecule has 242 valence electrons. The Balaban J connectivity index is 1.90. The maximum absolute atomic E-state index is 13.0. The number of aromatic hydroxyl groups is 2. The summed E-state index contributed by atoms with van der Waals surface area (Å²) in [5, 5.41) is 20.6. The first kappa shape index (κ1) is 36.1. The van der Waals surface area contributed by atoms with Gasteiger partial charge in [-0.25, -0.2) is 0 Å². The van der Waals surface area contributed by atoms with Crippen molar-refractivity contribution in [2.75, 3.05) is 0 Å². The van der Waals surface area contributed by atoms with Crippen LogP contribution in [0.15, 0.2) is 36.4 Å². The number of hydrogen-bond donors (Lipinski definition) is 6. The summed E-state index contributed by atoms with van der Waals surface area (Å²) in [6.45, 7) is 7.93. The first-order chi connectivity index (χ1) is 21.1. The molecule has 2 rings (SSSR count). The molecule has 0 bridgehead atoms. The molecule has 44 heavy (non-hydrogen) atoms. The van der Waals surface area contributed by atoms with Crippen molar-refractivity contribution in [2.45, 2.75) is 105 Å². The van der Waals surface area contributed by atoms with E-state index in [0.29, 0.717) is 19.3 Å². The first-order valence-electron chi connectivity index (χ1n) is 15.9. The molecule has 4 amide bonds. The van der Waals surface area contributed by atoms with Crippen molar-refractivity contribution in [1.29, 1.82) is 0 Å². The van der Waals surface area contributed by atoms with Crippen molar-refractivity contribution >= 4 is 23.6 Å². The smallest absolute Gasteiger partial charge is 0.273 e. The second-order valence-electron chi connectivity index (χ2n) is 11.5. The lowest BCUT2D eigenvalue weighted by Gasteiger charge is -2.19. The fourth-order valence-corrected chi connectivity index (χ4v) is 4.84. The summed E-state index contributed by atoms with van der Waals surface area (Å²) in [5.41, 5.74) is 11.7. The third kappa shape index (κ3) is 11.9. The summed E-state index contributed by atoms with van der Waals surface area (Å²) in [7, 11) is 0. The molecule has 0 saturated carbocycles. The largest absolute Gasteiger partial charge is 0.507 e. The molecule has 0 aromatic heterocycles. The molecule has 0 fully saturated rings. The van der Waals surface area contributed by atoms with Gasteiger partial charge in [0, 0.05) is 11.8 Å². The number of unbranched alkanes of at least 4 members (excludes halogenated alkanes) is 4. The van der Waals surface area contributed by atoms with Crippen LogP contribution in [0.3, 0.4) is 0 Å². The van der Waals surface area contributed by atoms with Crippen molar-refractivity contribution in [2.24, 2.45) is 11.8 Å². The highest BCUT2D eigenvalue weighted by molar-refractivity contribution is 5.98. The SMILES string of the molecule is CCCCCC(CCC(C)C(=O)NNC(=O)c1ccc(CCCC)cc1O)C(=O)NNC(=O)c1ccc(CCCC)cc1O. The van der Waals surface area contributed by atoms with Gasteiger partial charge in [-0.1, -0.05) is 71.9 Å². The fourth-order valence-electron chi connectivity index (χ4n) is 4.84. The molecular formula is C34H50N4O6. The van der Waals surface area contributed by atoms with E-state index in [-0.39, 0.29) is 28.5 Å². The molecule has 2 atom stereocenters. The maximum atomic E-state index is 13.0. The van der Waals surface area contributed by atoms with Gasteiger partial charge in [0.1, 0.15) is 11.5 Å². The molecule has 6 N–H and O–H groups in total. The number of hydrogen-bond acceptors (Lipinski definition) is 6. The van der Waals surface area contributed by atoms with E-state index >= 15 is 0 Å². The number of carbonyl (C=O) groups excluding carboxylic acids is 4. The minimum atomic E-state index is -0.626. The molecule has 0 aliphatic rings. The molecule has 2 aromatic carbocycles. The normalized spacial score (nSPS) is 12.2. The van der Waals surface area contributed by atoms with E-state index in [1.54, 1.807) is 37.3 Å². The quantitative estimate of drug-likeness (QED) is 0.101. The Morgan fingerprint density at radius 2 is 1.09 bits per heavy atom. The predicted octanol–water partition coefficient (Wildman–Crippen LogP) is 5.62. The van der Waals surface area contributed by atoms with Gasteiger partial charge in [-0.15, -0.1) is 0 Å². The monoisotopic (exact) mass is 610 g/mol. The minimum absolute atomic E-state index is 0.0636. The summed E-state index contributed by atoms with van der Waals surface area (Å²) in [4.78, 5) is 50.9. The van der Waals surface area contributed by atoms with E-state index in [9.17, 15) is 29.4 Å². The van der Waals surface area contributed by atoms with E-state index in [1.807, 2.05) is 0 Å². The number of carbonyl (C=O) groups is 4. The number of nitrogens with one attached hydrogen (secondary N) is 4. The maximum Gasteiger partial charge on any atom is 0.273 e. The molecule has 10 nitrogen and oxygen atoms in total. The third-order valence-corrected chi connectivity index (χ3v) is 7.77. The van der Waals surface area contributed by atoms with E-state index in [2.05, 4.69) is 42.5 Å². The van der Waals surface area contributed by atoms with Crippen LogP contribution in [0.25, 0.3) is 0 Å².